The van der Waals surface area contributed by atoms with Crippen molar-refractivity contribution in [3.63, 3.8) is 0 Å². The van der Waals surface area contributed by atoms with Crippen molar-refractivity contribution < 1.29 is 4.84 Å². The summed E-state index contributed by atoms with van der Waals surface area (Å²) >= 11 is 0. The highest BCUT2D eigenvalue weighted by molar-refractivity contribution is 6.01. The highest BCUT2D eigenvalue weighted by atomic mass is 16.6. The molecule has 4 nitrogen and oxygen atoms in total. The molecule has 2 N–H and O–H groups in total. The van der Waals surface area contributed by atoms with Crippen LogP contribution < -0.4 is 5.73 Å². The number of aryl methyl sites for hydroxylation is 2. The van der Waals surface area contributed by atoms with Crippen LogP contribution in [0, 0.1) is 13.8 Å². The zero-order chi connectivity index (χ0) is 14.1. The van der Waals surface area contributed by atoms with Crippen molar-refractivity contribution in [2.24, 2.45) is 5.16 Å². The van der Waals surface area contributed by atoms with Gasteiger partial charge in [0.05, 0.1) is 5.71 Å². The SMILES string of the molecule is Cc1cc(C2=NOC(c3ccc(N)cc3)C2)cc(C)n1. The van der Waals surface area contributed by atoms with Gasteiger partial charge in [0.1, 0.15) is 0 Å². The van der Waals surface area contributed by atoms with Crippen molar-refractivity contribution in [1.29, 1.82) is 0 Å². The van der Waals surface area contributed by atoms with Gasteiger partial charge in [-0.05, 0) is 43.7 Å². The Kier molecular flexibility index (Phi) is 3.14. The van der Waals surface area contributed by atoms with Gasteiger partial charge in [0.2, 0.25) is 0 Å². The lowest BCUT2D eigenvalue weighted by Crippen LogP contribution is -2.03. The second-order valence-corrected chi connectivity index (χ2v) is 5.14. The minimum Gasteiger partial charge on any atom is -0.399 e. The molecule has 0 fully saturated rings. The summed E-state index contributed by atoms with van der Waals surface area (Å²) in [7, 11) is 0. The molecule has 3 rings (SSSR count). The highest BCUT2D eigenvalue weighted by Gasteiger charge is 2.24. The number of oxime groups is 1. The predicted octanol–water partition coefficient (Wildman–Crippen LogP) is 3.15. The molecule has 1 atom stereocenters. The maximum Gasteiger partial charge on any atom is 0.158 e. The van der Waals surface area contributed by atoms with Gasteiger partial charge in [-0.25, -0.2) is 0 Å². The number of pyridine rings is 1. The Hall–Kier alpha value is -2.36. The van der Waals surface area contributed by atoms with E-state index in [1.807, 2.05) is 50.2 Å². The molecule has 2 aromatic rings. The Morgan fingerprint density at radius 2 is 1.75 bits per heavy atom. The molecule has 0 saturated heterocycles. The van der Waals surface area contributed by atoms with Crippen LogP contribution in [0.4, 0.5) is 5.69 Å². The fourth-order valence-corrected chi connectivity index (χ4v) is 2.44. The molecular formula is C16H17N3O. The Morgan fingerprint density at radius 1 is 1.10 bits per heavy atom. The Balaban J connectivity index is 1.80. The number of nitrogens with zero attached hydrogens (tertiary/aromatic N) is 2. The van der Waals surface area contributed by atoms with Crippen LogP contribution in [0.15, 0.2) is 41.6 Å². The highest BCUT2D eigenvalue weighted by Crippen LogP contribution is 2.30. The summed E-state index contributed by atoms with van der Waals surface area (Å²) < 4.78 is 0. The number of benzene rings is 1. The second-order valence-electron chi connectivity index (χ2n) is 5.14. The molecule has 4 heteroatoms. The van der Waals surface area contributed by atoms with Crippen LogP contribution in [0.2, 0.25) is 0 Å². The van der Waals surface area contributed by atoms with Gasteiger partial charge in [-0.3, -0.25) is 4.98 Å². The number of anilines is 1. The van der Waals surface area contributed by atoms with E-state index in [1.54, 1.807) is 0 Å². The molecule has 1 aliphatic heterocycles. The smallest absolute Gasteiger partial charge is 0.158 e. The average molecular weight is 267 g/mol. The average Bonchev–Trinajstić information content (AvgIpc) is 2.88. The van der Waals surface area contributed by atoms with Crippen molar-refractivity contribution in [2.45, 2.75) is 26.4 Å². The maximum absolute atomic E-state index is 5.70. The summed E-state index contributed by atoms with van der Waals surface area (Å²) in [5.74, 6) is 0. The molecule has 0 amide bonds. The van der Waals surface area contributed by atoms with Crippen molar-refractivity contribution in [1.82, 2.24) is 4.98 Å². The number of hydrogen-bond donors (Lipinski definition) is 1. The zero-order valence-corrected chi connectivity index (χ0v) is 11.6. The lowest BCUT2D eigenvalue weighted by molar-refractivity contribution is 0.0857. The summed E-state index contributed by atoms with van der Waals surface area (Å²) in [6.45, 7) is 3.98. The quantitative estimate of drug-likeness (QED) is 0.850. The lowest BCUT2D eigenvalue weighted by atomic mass is 10.00. The first-order valence-electron chi connectivity index (χ1n) is 6.65. The maximum atomic E-state index is 5.70. The van der Waals surface area contributed by atoms with Crippen LogP contribution in [0.3, 0.4) is 0 Å². The van der Waals surface area contributed by atoms with E-state index in [-0.39, 0.29) is 6.10 Å². The topological polar surface area (TPSA) is 60.5 Å². The third-order valence-electron chi connectivity index (χ3n) is 3.39. The van der Waals surface area contributed by atoms with Crippen LogP contribution >= 0.6 is 0 Å². The largest absolute Gasteiger partial charge is 0.399 e. The molecule has 0 saturated carbocycles. The van der Waals surface area contributed by atoms with Crippen molar-refractivity contribution in [2.75, 3.05) is 5.73 Å². The van der Waals surface area contributed by atoms with E-state index in [2.05, 4.69) is 10.1 Å². The van der Waals surface area contributed by atoms with Crippen LogP contribution in [-0.4, -0.2) is 10.7 Å². The van der Waals surface area contributed by atoms with Gasteiger partial charge < -0.3 is 10.6 Å². The minimum absolute atomic E-state index is 0.0284. The van der Waals surface area contributed by atoms with Gasteiger partial charge in [0.15, 0.2) is 6.10 Å². The van der Waals surface area contributed by atoms with E-state index >= 15 is 0 Å². The predicted molar refractivity (Wildman–Crippen MR) is 79.5 cm³/mol. The van der Waals surface area contributed by atoms with Gasteiger partial charge in [-0.2, -0.15) is 0 Å². The van der Waals surface area contributed by atoms with E-state index in [1.165, 1.54) is 0 Å². The first kappa shape index (κ1) is 12.7. The summed E-state index contributed by atoms with van der Waals surface area (Å²) in [5.41, 5.74) is 11.6. The van der Waals surface area contributed by atoms with Gasteiger partial charge in [-0.15, -0.1) is 0 Å². The fourth-order valence-electron chi connectivity index (χ4n) is 2.44. The van der Waals surface area contributed by atoms with Gasteiger partial charge in [0.25, 0.3) is 0 Å². The first-order chi connectivity index (χ1) is 9.61. The van der Waals surface area contributed by atoms with Crippen LogP contribution in [0.25, 0.3) is 0 Å². The summed E-state index contributed by atoms with van der Waals surface area (Å²) in [5, 5.41) is 4.23. The summed E-state index contributed by atoms with van der Waals surface area (Å²) in [6, 6.07) is 11.8. The standard InChI is InChI=1S/C16H17N3O/c1-10-7-13(8-11(2)18-10)15-9-16(20-19-15)12-3-5-14(17)6-4-12/h3-8,16H,9,17H2,1-2H3. The van der Waals surface area contributed by atoms with Crippen LogP contribution in [0.1, 0.15) is 35.0 Å². The van der Waals surface area contributed by atoms with Crippen molar-refractivity contribution in [3.8, 4) is 0 Å². The van der Waals surface area contributed by atoms with E-state index in [0.717, 1.165) is 40.3 Å². The fraction of sp³-hybridized carbons (Fsp3) is 0.250. The van der Waals surface area contributed by atoms with Crippen LogP contribution in [-0.2, 0) is 4.84 Å². The number of nitrogens with two attached hydrogens (primary N) is 1. The number of nitrogen functional groups attached to an aromatic ring is 1. The van der Waals surface area contributed by atoms with Crippen molar-refractivity contribution in [3.05, 3.63) is 58.9 Å². The number of aromatic nitrogens is 1. The van der Waals surface area contributed by atoms with Gasteiger partial charge in [0, 0.05) is 29.1 Å². The third kappa shape index (κ3) is 2.50. The molecule has 102 valence electrons. The summed E-state index contributed by atoms with van der Waals surface area (Å²) in [4.78, 5) is 9.94. The van der Waals surface area contributed by atoms with Crippen molar-refractivity contribution >= 4 is 11.4 Å². The minimum atomic E-state index is -0.0284. The van der Waals surface area contributed by atoms with E-state index in [0.29, 0.717) is 0 Å². The van der Waals surface area contributed by atoms with E-state index in [4.69, 9.17) is 10.6 Å². The van der Waals surface area contributed by atoms with Gasteiger partial charge in [-0.1, -0.05) is 17.3 Å². The number of hydrogen-bond acceptors (Lipinski definition) is 4. The monoisotopic (exact) mass is 267 g/mol. The van der Waals surface area contributed by atoms with Gasteiger partial charge >= 0.3 is 0 Å². The molecule has 1 unspecified atom stereocenters. The number of rotatable bonds is 2. The Bertz CT molecular complexity index is 642. The molecule has 2 heterocycles. The Labute approximate surface area is 118 Å². The Morgan fingerprint density at radius 3 is 2.40 bits per heavy atom. The van der Waals surface area contributed by atoms with E-state index in [9.17, 15) is 0 Å². The molecule has 1 aliphatic rings. The molecule has 0 bridgehead atoms. The normalized spacial score (nSPS) is 17.7. The molecule has 0 spiro atoms. The molecule has 0 radical (unpaired) electrons. The zero-order valence-electron chi connectivity index (χ0n) is 11.6. The molecule has 0 aliphatic carbocycles. The molecule has 1 aromatic heterocycles. The molecule has 1 aromatic carbocycles. The third-order valence-corrected chi connectivity index (χ3v) is 3.39. The lowest BCUT2D eigenvalue weighted by Gasteiger charge is -2.08. The van der Waals surface area contributed by atoms with Crippen LogP contribution in [0.5, 0.6) is 0 Å². The first-order valence-corrected chi connectivity index (χ1v) is 6.65. The molecule has 20 heavy (non-hydrogen) atoms. The summed E-state index contributed by atoms with van der Waals surface area (Å²) in [6.07, 6.45) is 0.742. The van der Waals surface area contributed by atoms with E-state index < -0.39 is 0 Å². The molecular weight excluding hydrogens is 250 g/mol. The second kappa shape index (κ2) is 4.96.